The molecule has 0 aromatic heterocycles. The van der Waals surface area contributed by atoms with Gasteiger partial charge in [-0.05, 0) is 49.1 Å². The van der Waals surface area contributed by atoms with Crippen LogP contribution in [0.1, 0.15) is 46.0 Å². The molecule has 156 valence electrons. The number of anilines is 1. The molecule has 1 aliphatic heterocycles. The fourth-order valence-corrected chi connectivity index (χ4v) is 3.73. The van der Waals surface area contributed by atoms with Gasteiger partial charge in [-0.15, -0.1) is 0 Å². The van der Waals surface area contributed by atoms with Gasteiger partial charge in [0.1, 0.15) is 6.07 Å². The molecule has 3 rings (SSSR count). The van der Waals surface area contributed by atoms with Crippen LogP contribution < -0.4 is 4.90 Å². The number of aryl methyl sites for hydroxylation is 1. The SMILES string of the molecule is Cc1ccc(C(=O)OCCCN2CCc3cc(CC(C)[N+](=O)[O-])cc(C#N)c32)cc1. The highest BCUT2D eigenvalue weighted by atomic mass is 16.6. The molecule has 1 aliphatic rings. The number of hydrogen-bond acceptors (Lipinski definition) is 6. The summed E-state index contributed by atoms with van der Waals surface area (Å²) in [5.74, 6) is -0.334. The topological polar surface area (TPSA) is 96.5 Å². The van der Waals surface area contributed by atoms with Crippen LogP contribution in [0.5, 0.6) is 0 Å². The molecule has 0 bridgehead atoms. The van der Waals surface area contributed by atoms with Crippen molar-refractivity contribution in [2.24, 2.45) is 0 Å². The van der Waals surface area contributed by atoms with Crippen molar-refractivity contribution in [2.75, 3.05) is 24.6 Å². The summed E-state index contributed by atoms with van der Waals surface area (Å²) in [4.78, 5) is 24.9. The van der Waals surface area contributed by atoms with Gasteiger partial charge in [0.05, 0.1) is 23.4 Å². The van der Waals surface area contributed by atoms with Gasteiger partial charge in [0, 0.05) is 31.4 Å². The summed E-state index contributed by atoms with van der Waals surface area (Å²) in [5, 5.41) is 20.5. The smallest absolute Gasteiger partial charge is 0.338 e. The second-order valence-corrected chi connectivity index (χ2v) is 7.69. The Balaban J connectivity index is 1.58. The summed E-state index contributed by atoms with van der Waals surface area (Å²) >= 11 is 0. The molecule has 1 atom stereocenters. The zero-order valence-corrected chi connectivity index (χ0v) is 17.3. The third-order valence-corrected chi connectivity index (χ3v) is 5.32. The summed E-state index contributed by atoms with van der Waals surface area (Å²) < 4.78 is 5.36. The first-order valence-corrected chi connectivity index (χ1v) is 10.1. The second kappa shape index (κ2) is 9.40. The maximum atomic E-state index is 12.1. The second-order valence-electron chi connectivity index (χ2n) is 7.69. The van der Waals surface area contributed by atoms with Crippen molar-refractivity contribution >= 4 is 11.7 Å². The maximum Gasteiger partial charge on any atom is 0.338 e. The Bertz CT molecular complexity index is 979. The van der Waals surface area contributed by atoms with E-state index >= 15 is 0 Å². The number of carbonyl (C=O) groups is 1. The third-order valence-electron chi connectivity index (χ3n) is 5.32. The van der Waals surface area contributed by atoms with Crippen molar-refractivity contribution in [1.29, 1.82) is 5.26 Å². The van der Waals surface area contributed by atoms with Gasteiger partial charge < -0.3 is 9.64 Å². The first-order valence-electron chi connectivity index (χ1n) is 10.1. The van der Waals surface area contributed by atoms with Crippen LogP contribution in [0.15, 0.2) is 36.4 Å². The van der Waals surface area contributed by atoms with E-state index in [1.807, 2.05) is 25.1 Å². The molecular formula is C23H25N3O4. The maximum absolute atomic E-state index is 12.1. The first-order chi connectivity index (χ1) is 14.4. The normalized spacial score (nSPS) is 13.4. The van der Waals surface area contributed by atoms with E-state index in [1.165, 1.54) is 0 Å². The Morgan fingerprint density at radius 2 is 2.07 bits per heavy atom. The van der Waals surface area contributed by atoms with Crippen molar-refractivity contribution in [3.63, 3.8) is 0 Å². The molecule has 0 saturated heterocycles. The van der Waals surface area contributed by atoms with E-state index in [0.717, 1.165) is 35.3 Å². The molecule has 1 heterocycles. The molecule has 0 spiro atoms. The van der Waals surface area contributed by atoms with E-state index in [9.17, 15) is 20.2 Å². The van der Waals surface area contributed by atoms with E-state index in [2.05, 4.69) is 11.0 Å². The first kappa shape index (κ1) is 21.3. The number of ether oxygens (including phenoxy) is 1. The summed E-state index contributed by atoms with van der Waals surface area (Å²) in [5.41, 5.74) is 4.95. The van der Waals surface area contributed by atoms with Gasteiger partial charge in [0.2, 0.25) is 6.04 Å². The van der Waals surface area contributed by atoms with E-state index in [-0.39, 0.29) is 10.9 Å². The number of carbonyl (C=O) groups excluding carboxylic acids is 1. The molecule has 7 nitrogen and oxygen atoms in total. The zero-order valence-electron chi connectivity index (χ0n) is 17.3. The van der Waals surface area contributed by atoms with Crippen LogP contribution in [-0.2, 0) is 17.6 Å². The van der Waals surface area contributed by atoms with Crippen molar-refractivity contribution in [3.05, 3.63) is 74.3 Å². The number of nitriles is 1. The number of esters is 1. The quantitative estimate of drug-likeness (QED) is 0.287. The molecule has 0 N–H and O–H groups in total. The molecule has 0 radical (unpaired) electrons. The number of fused-ring (bicyclic) bond motifs is 1. The molecule has 2 aromatic rings. The van der Waals surface area contributed by atoms with Crippen LogP contribution in [0.4, 0.5) is 5.69 Å². The van der Waals surface area contributed by atoms with E-state index in [0.29, 0.717) is 37.1 Å². The average molecular weight is 407 g/mol. The standard InChI is InChI=1S/C23H25N3O4/c1-16-4-6-19(7-5-16)23(27)30-11-3-9-25-10-8-20-13-18(12-17(2)26(28)29)14-21(15-24)22(20)25/h4-7,13-14,17H,3,8-12H2,1-2H3. The van der Waals surface area contributed by atoms with E-state index in [4.69, 9.17) is 4.74 Å². The minimum absolute atomic E-state index is 0.302. The van der Waals surface area contributed by atoms with Gasteiger partial charge in [-0.1, -0.05) is 23.8 Å². The predicted molar refractivity (Wildman–Crippen MR) is 113 cm³/mol. The highest BCUT2D eigenvalue weighted by Gasteiger charge is 2.24. The largest absolute Gasteiger partial charge is 0.462 e. The van der Waals surface area contributed by atoms with Crippen molar-refractivity contribution in [1.82, 2.24) is 0 Å². The van der Waals surface area contributed by atoms with E-state index in [1.54, 1.807) is 25.1 Å². The highest BCUT2D eigenvalue weighted by Crippen LogP contribution is 2.33. The Kier molecular flexibility index (Phi) is 6.68. The molecule has 0 saturated carbocycles. The van der Waals surface area contributed by atoms with Crippen LogP contribution in [0.25, 0.3) is 0 Å². The molecule has 0 aliphatic carbocycles. The molecular weight excluding hydrogens is 382 g/mol. The van der Waals surface area contributed by atoms with Crippen LogP contribution in [0.3, 0.4) is 0 Å². The number of hydrogen-bond donors (Lipinski definition) is 0. The Morgan fingerprint density at radius 3 is 2.73 bits per heavy atom. The van der Waals surface area contributed by atoms with Crippen molar-refractivity contribution in [3.8, 4) is 6.07 Å². The summed E-state index contributed by atoms with van der Waals surface area (Å²) in [7, 11) is 0. The zero-order chi connectivity index (χ0) is 21.7. The molecule has 7 heteroatoms. The Labute approximate surface area is 176 Å². The van der Waals surface area contributed by atoms with Crippen LogP contribution in [-0.4, -0.2) is 36.6 Å². The minimum Gasteiger partial charge on any atom is -0.462 e. The van der Waals surface area contributed by atoms with Gasteiger partial charge in [-0.3, -0.25) is 10.1 Å². The lowest BCUT2D eigenvalue weighted by molar-refractivity contribution is -0.517. The van der Waals surface area contributed by atoms with Gasteiger partial charge in [0.25, 0.3) is 0 Å². The van der Waals surface area contributed by atoms with Gasteiger partial charge in [-0.2, -0.15) is 5.26 Å². The number of nitrogens with zero attached hydrogens (tertiary/aromatic N) is 3. The van der Waals surface area contributed by atoms with E-state index < -0.39 is 6.04 Å². The molecule has 0 fully saturated rings. The van der Waals surface area contributed by atoms with Gasteiger partial charge in [0.15, 0.2) is 0 Å². The fraction of sp³-hybridized carbons (Fsp3) is 0.391. The third kappa shape index (κ3) is 4.95. The fourth-order valence-electron chi connectivity index (χ4n) is 3.73. The number of nitro groups is 1. The lowest BCUT2D eigenvalue weighted by Gasteiger charge is -2.21. The van der Waals surface area contributed by atoms with Crippen LogP contribution >= 0.6 is 0 Å². The Hall–Kier alpha value is -3.40. The van der Waals surface area contributed by atoms with Crippen molar-refractivity contribution in [2.45, 2.75) is 39.2 Å². The summed E-state index contributed by atoms with van der Waals surface area (Å²) in [6.07, 6.45) is 1.76. The molecule has 1 unspecified atom stereocenters. The predicted octanol–water partition coefficient (Wildman–Crippen LogP) is 3.68. The summed E-state index contributed by atoms with van der Waals surface area (Å²) in [6.45, 7) is 5.30. The van der Waals surface area contributed by atoms with Crippen LogP contribution in [0.2, 0.25) is 0 Å². The van der Waals surface area contributed by atoms with Gasteiger partial charge in [-0.25, -0.2) is 4.79 Å². The van der Waals surface area contributed by atoms with Gasteiger partial charge >= 0.3 is 5.97 Å². The number of rotatable bonds is 8. The van der Waals surface area contributed by atoms with Crippen molar-refractivity contribution < 1.29 is 14.5 Å². The van der Waals surface area contributed by atoms with Crippen LogP contribution in [0, 0.1) is 28.4 Å². The minimum atomic E-state index is -0.685. The number of benzene rings is 2. The average Bonchev–Trinajstić information content (AvgIpc) is 3.13. The monoisotopic (exact) mass is 407 g/mol. The highest BCUT2D eigenvalue weighted by molar-refractivity contribution is 5.89. The lowest BCUT2D eigenvalue weighted by atomic mass is 9.99. The molecule has 30 heavy (non-hydrogen) atoms. The summed E-state index contributed by atoms with van der Waals surface area (Å²) in [6, 6.07) is 12.6. The molecule has 2 aromatic carbocycles. The lowest BCUT2D eigenvalue weighted by Crippen LogP contribution is -2.24. The molecule has 0 amide bonds. The Morgan fingerprint density at radius 1 is 1.33 bits per heavy atom.